The minimum atomic E-state index is 0.164. The molecule has 2 aliphatic carbocycles. The first-order valence-electron chi connectivity index (χ1n) is 9.56. The maximum Gasteiger partial charge on any atom is 0.223 e. The zero-order valence-electron chi connectivity index (χ0n) is 14.4. The van der Waals surface area contributed by atoms with Gasteiger partial charge >= 0.3 is 0 Å². The molecule has 0 aromatic rings. The number of hydrogen-bond acceptors (Lipinski definition) is 4. The van der Waals surface area contributed by atoms with Crippen molar-refractivity contribution in [1.82, 2.24) is 10.2 Å². The van der Waals surface area contributed by atoms with Gasteiger partial charge in [-0.25, -0.2) is 0 Å². The molecular formula is C18H33N3OS. The van der Waals surface area contributed by atoms with Crippen LogP contribution in [0.5, 0.6) is 0 Å². The van der Waals surface area contributed by atoms with Crippen LogP contribution in [0.3, 0.4) is 0 Å². The molecule has 0 radical (unpaired) electrons. The van der Waals surface area contributed by atoms with E-state index in [0.29, 0.717) is 12.5 Å². The fourth-order valence-corrected chi connectivity index (χ4v) is 5.80. The Balaban J connectivity index is 1.61. The summed E-state index contributed by atoms with van der Waals surface area (Å²) >= 11 is 2.07. The molecule has 0 spiro atoms. The normalized spacial score (nSPS) is 31.9. The van der Waals surface area contributed by atoms with Crippen LogP contribution in [0.4, 0.5) is 0 Å². The number of rotatable bonds is 5. The molecule has 1 aliphatic heterocycles. The van der Waals surface area contributed by atoms with Crippen molar-refractivity contribution in [2.45, 2.75) is 56.9 Å². The molecule has 23 heavy (non-hydrogen) atoms. The summed E-state index contributed by atoms with van der Waals surface area (Å²) in [6.07, 6.45) is 9.81. The van der Waals surface area contributed by atoms with Gasteiger partial charge in [-0.1, -0.05) is 25.7 Å². The average molecular weight is 340 g/mol. The Hall–Kier alpha value is -0.260. The first kappa shape index (κ1) is 17.6. The van der Waals surface area contributed by atoms with Gasteiger partial charge in [0.15, 0.2) is 0 Å². The van der Waals surface area contributed by atoms with Crippen LogP contribution in [0.15, 0.2) is 0 Å². The fraction of sp³-hybridized carbons (Fsp3) is 0.944. The Morgan fingerprint density at radius 1 is 1.13 bits per heavy atom. The van der Waals surface area contributed by atoms with Crippen LogP contribution in [0.2, 0.25) is 0 Å². The van der Waals surface area contributed by atoms with Crippen molar-refractivity contribution in [2.24, 2.45) is 17.6 Å². The van der Waals surface area contributed by atoms with Gasteiger partial charge < -0.3 is 11.1 Å². The average Bonchev–Trinajstić information content (AvgIpc) is 3.10. The van der Waals surface area contributed by atoms with Gasteiger partial charge in [-0.2, -0.15) is 11.8 Å². The monoisotopic (exact) mass is 339 g/mol. The summed E-state index contributed by atoms with van der Waals surface area (Å²) in [5, 5.41) is 3.35. The number of nitrogens with two attached hydrogens (primary N) is 1. The van der Waals surface area contributed by atoms with E-state index in [1.54, 1.807) is 0 Å². The molecule has 132 valence electrons. The lowest BCUT2D eigenvalue weighted by Gasteiger charge is -2.48. The predicted molar refractivity (Wildman–Crippen MR) is 97.6 cm³/mol. The summed E-state index contributed by atoms with van der Waals surface area (Å²) in [6, 6.07) is 0. The third-order valence-electron chi connectivity index (χ3n) is 6.36. The van der Waals surface area contributed by atoms with Crippen molar-refractivity contribution in [2.75, 3.05) is 37.7 Å². The van der Waals surface area contributed by atoms with E-state index in [4.69, 9.17) is 5.73 Å². The molecule has 5 heteroatoms. The van der Waals surface area contributed by atoms with E-state index in [0.717, 1.165) is 25.8 Å². The molecule has 3 rings (SSSR count). The van der Waals surface area contributed by atoms with Crippen molar-refractivity contribution in [3.8, 4) is 0 Å². The van der Waals surface area contributed by atoms with Gasteiger partial charge in [0.25, 0.3) is 0 Å². The van der Waals surface area contributed by atoms with Gasteiger partial charge in [0.1, 0.15) is 0 Å². The van der Waals surface area contributed by atoms with Crippen molar-refractivity contribution < 1.29 is 4.79 Å². The third-order valence-corrected chi connectivity index (χ3v) is 7.30. The highest BCUT2D eigenvalue weighted by Crippen LogP contribution is 2.36. The van der Waals surface area contributed by atoms with Gasteiger partial charge in [-0.15, -0.1) is 0 Å². The van der Waals surface area contributed by atoms with Gasteiger partial charge in [-0.3, -0.25) is 9.69 Å². The maximum absolute atomic E-state index is 12.7. The molecule has 0 aromatic carbocycles. The zero-order chi connectivity index (χ0) is 16.1. The fourth-order valence-electron chi connectivity index (χ4n) is 4.90. The van der Waals surface area contributed by atoms with Crippen LogP contribution in [0.1, 0.15) is 51.4 Å². The molecule has 3 aliphatic rings. The lowest BCUT2D eigenvalue weighted by atomic mass is 9.79. The summed E-state index contributed by atoms with van der Waals surface area (Å²) in [7, 11) is 0. The largest absolute Gasteiger partial charge is 0.354 e. The second kappa shape index (κ2) is 8.21. The number of carbonyl (C=O) groups excluding carboxylic acids is 1. The van der Waals surface area contributed by atoms with E-state index in [9.17, 15) is 4.79 Å². The van der Waals surface area contributed by atoms with Crippen molar-refractivity contribution in [1.29, 1.82) is 0 Å². The molecule has 1 saturated heterocycles. The van der Waals surface area contributed by atoms with Crippen molar-refractivity contribution in [3.05, 3.63) is 0 Å². The summed E-state index contributed by atoms with van der Waals surface area (Å²) < 4.78 is 0. The van der Waals surface area contributed by atoms with Crippen LogP contribution < -0.4 is 11.1 Å². The zero-order valence-corrected chi connectivity index (χ0v) is 15.2. The molecule has 1 amide bonds. The standard InChI is InChI=1S/C18H33N3OS/c19-13-15-5-4-6-16(15)17(22)20-14-18(7-2-1-3-8-18)21-9-11-23-12-10-21/h15-16H,1-14,19H2,(H,20,22)/t15-,16-/m1/s1. The Morgan fingerprint density at radius 2 is 1.87 bits per heavy atom. The minimum absolute atomic E-state index is 0.164. The third kappa shape index (κ3) is 4.05. The first-order valence-corrected chi connectivity index (χ1v) is 10.7. The summed E-state index contributed by atoms with van der Waals surface area (Å²) in [6.45, 7) is 3.89. The van der Waals surface area contributed by atoms with Gasteiger partial charge in [0.05, 0.1) is 0 Å². The second-order valence-corrected chi connectivity index (χ2v) is 8.86. The Labute approximate surface area is 145 Å². The van der Waals surface area contributed by atoms with E-state index >= 15 is 0 Å². The molecule has 3 fully saturated rings. The predicted octanol–water partition coefficient (Wildman–Crippen LogP) is 2.23. The van der Waals surface area contributed by atoms with Gasteiger partial charge in [-0.05, 0) is 38.1 Å². The van der Waals surface area contributed by atoms with E-state index in [-0.39, 0.29) is 17.4 Å². The quantitative estimate of drug-likeness (QED) is 0.806. The van der Waals surface area contributed by atoms with Crippen LogP contribution in [0, 0.1) is 11.8 Å². The molecule has 1 heterocycles. The Kier molecular flexibility index (Phi) is 6.27. The number of amides is 1. The van der Waals surface area contributed by atoms with E-state index < -0.39 is 0 Å². The molecule has 0 aromatic heterocycles. The van der Waals surface area contributed by atoms with Crippen molar-refractivity contribution >= 4 is 17.7 Å². The summed E-state index contributed by atoms with van der Waals surface area (Å²) in [5.74, 6) is 3.33. The lowest BCUT2D eigenvalue weighted by Crippen LogP contribution is -2.59. The molecule has 3 N–H and O–H groups in total. The smallest absolute Gasteiger partial charge is 0.223 e. The van der Waals surface area contributed by atoms with E-state index in [1.165, 1.54) is 56.7 Å². The van der Waals surface area contributed by atoms with Crippen LogP contribution >= 0.6 is 11.8 Å². The first-order chi connectivity index (χ1) is 11.2. The molecule has 2 atom stereocenters. The Bertz CT molecular complexity index is 392. The summed E-state index contributed by atoms with van der Waals surface area (Å²) in [4.78, 5) is 15.4. The topological polar surface area (TPSA) is 58.4 Å². The minimum Gasteiger partial charge on any atom is -0.354 e. The number of thioether (sulfide) groups is 1. The SMILES string of the molecule is NC[C@H]1CCC[C@H]1C(=O)NCC1(N2CCSCC2)CCCCC1. The molecule has 0 unspecified atom stereocenters. The highest BCUT2D eigenvalue weighted by molar-refractivity contribution is 7.99. The Morgan fingerprint density at radius 3 is 2.57 bits per heavy atom. The van der Waals surface area contributed by atoms with Crippen LogP contribution in [-0.2, 0) is 4.79 Å². The van der Waals surface area contributed by atoms with Crippen LogP contribution in [-0.4, -0.2) is 54.0 Å². The molecular weight excluding hydrogens is 306 g/mol. The van der Waals surface area contributed by atoms with E-state index in [1.807, 2.05) is 0 Å². The van der Waals surface area contributed by atoms with E-state index in [2.05, 4.69) is 22.0 Å². The van der Waals surface area contributed by atoms with Crippen molar-refractivity contribution in [3.63, 3.8) is 0 Å². The number of carbonyl (C=O) groups is 1. The van der Waals surface area contributed by atoms with Gasteiger partial charge in [0, 0.05) is 42.6 Å². The lowest BCUT2D eigenvalue weighted by molar-refractivity contribution is -0.126. The van der Waals surface area contributed by atoms with Crippen LogP contribution in [0.25, 0.3) is 0 Å². The molecule has 2 saturated carbocycles. The van der Waals surface area contributed by atoms with Gasteiger partial charge in [0.2, 0.25) is 5.91 Å². The number of nitrogens with zero attached hydrogens (tertiary/aromatic N) is 1. The maximum atomic E-state index is 12.7. The summed E-state index contributed by atoms with van der Waals surface area (Å²) in [5.41, 5.74) is 6.08. The highest BCUT2D eigenvalue weighted by Gasteiger charge is 2.40. The molecule has 0 bridgehead atoms. The highest BCUT2D eigenvalue weighted by atomic mass is 32.2. The number of hydrogen-bond donors (Lipinski definition) is 2. The molecule has 4 nitrogen and oxygen atoms in total. The second-order valence-electron chi connectivity index (χ2n) is 7.64. The number of nitrogens with one attached hydrogen (secondary N) is 1.